The van der Waals surface area contributed by atoms with Gasteiger partial charge in [-0.25, -0.2) is 0 Å². The quantitative estimate of drug-likeness (QED) is 0.727. The van der Waals surface area contributed by atoms with E-state index in [-0.39, 0.29) is 0 Å². The van der Waals surface area contributed by atoms with Crippen molar-refractivity contribution in [3.05, 3.63) is 23.1 Å². The van der Waals surface area contributed by atoms with Gasteiger partial charge >= 0.3 is 0 Å². The van der Waals surface area contributed by atoms with Crippen LogP contribution in [0.3, 0.4) is 0 Å². The highest BCUT2D eigenvalue weighted by atomic mass is 35.5. The van der Waals surface area contributed by atoms with Crippen molar-refractivity contribution in [1.82, 2.24) is 5.32 Å². The molecule has 1 aromatic rings. The van der Waals surface area contributed by atoms with Crippen LogP contribution in [0.1, 0.15) is 12.7 Å². The van der Waals surface area contributed by atoms with Gasteiger partial charge in [-0.2, -0.15) is 0 Å². The Morgan fingerprint density at radius 2 is 2.42 bits per heavy atom. The molecule has 1 saturated heterocycles. The topological polar surface area (TPSA) is 34.4 Å². The van der Waals surface area contributed by atoms with Gasteiger partial charge in [0.2, 0.25) is 0 Å². The van der Waals surface area contributed by atoms with Crippen LogP contribution in [0.15, 0.2) is 16.5 Å². The molecule has 4 heteroatoms. The molecule has 1 aliphatic heterocycles. The average Bonchev–Trinajstić information content (AvgIpc) is 2.59. The molecule has 0 aliphatic carbocycles. The molecule has 1 aromatic heterocycles. The standard InChI is InChI=1S/C8H10ClNO2/c1-8(10-4-5-11-8)6-2-3-7(9)12-6/h2-3,10H,4-5H2,1H3. The molecule has 0 saturated carbocycles. The highest BCUT2D eigenvalue weighted by Crippen LogP contribution is 2.28. The van der Waals surface area contributed by atoms with Crippen molar-refractivity contribution >= 4 is 11.6 Å². The van der Waals surface area contributed by atoms with Crippen molar-refractivity contribution in [3.63, 3.8) is 0 Å². The smallest absolute Gasteiger partial charge is 0.193 e. The largest absolute Gasteiger partial charge is 0.445 e. The Morgan fingerprint density at radius 1 is 1.58 bits per heavy atom. The Kier molecular flexibility index (Phi) is 1.87. The molecule has 0 spiro atoms. The van der Waals surface area contributed by atoms with Crippen molar-refractivity contribution in [1.29, 1.82) is 0 Å². The predicted octanol–water partition coefficient (Wildman–Crippen LogP) is 1.73. The minimum atomic E-state index is -0.493. The highest BCUT2D eigenvalue weighted by Gasteiger charge is 2.34. The summed E-state index contributed by atoms with van der Waals surface area (Å²) in [7, 11) is 0. The van der Waals surface area contributed by atoms with Crippen LogP contribution in [-0.2, 0) is 10.5 Å². The Balaban J connectivity index is 2.28. The number of furan rings is 1. The number of nitrogens with one attached hydrogen (secondary N) is 1. The van der Waals surface area contributed by atoms with Crippen LogP contribution >= 0.6 is 11.6 Å². The van der Waals surface area contributed by atoms with Gasteiger partial charge in [-0.1, -0.05) is 0 Å². The number of rotatable bonds is 1. The molecule has 1 N–H and O–H groups in total. The van der Waals surface area contributed by atoms with Gasteiger partial charge in [-0.15, -0.1) is 0 Å². The maximum atomic E-state index is 5.65. The summed E-state index contributed by atoms with van der Waals surface area (Å²) in [6.45, 7) is 3.47. The van der Waals surface area contributed by atoms with E-state index >= 15 is 0 Å². The summed E-state index contributed by atoms with van der Waals surface area (Å²) in [5.41, 5.74) is -0.493. The molecule has 1 aliphatic rings. The predicted molar refractivity (Wildman–Crippen MR) is 45.0 cm³/mol. The van der Waals surface area contributed by atoms with Crippen molar-refractivity contribution in [2.24, 2.45) is 0 Å². The molecule has 0 radical (unpaired) electrons. The zero-order chi connectivity index (χ0) is 8.60. The molecule has 2 heterocycles. The summed E-state index contributed by atoms with van der Waals surface area (Å²) >= 11 is 5.65. The second kappa shape index (κ2) is 2.76. The first kappa shape index (κ1) is 8.10. The van der Waals surface area contributed by atoms with E-state index in [1.165, 1.54) is 0 Å². The molecule has 3 nitrogen and oxygen atoms in total. The summed E-state index contributed by atoms with van der Waals surface area (Å²) in [4.78, 5) is 0. The lowest BCUT2D eigenvalue weighted by molar-refractivity contribution is -0.0152. The lowest BCUT2D eigenvalue weighted by atomic mass is 10.2. The lowest BCUT2D eigenvalue weighted by Crippen LogP contribution is -2.33. The molecule has 2 rings (SSSR count). The number of hydrogen-bond acceptors (Lipinski definition) is 3. The van der Waals surface area contributed by atoms with Gasteiger partial charge < -0.3 is 9.15 Å². The molecule has 66 valence electrons. The third-order valence-corrected chi connectivity index (χ3v) is 2.20. The van der Waals surface area contributed by atoms with Gasteiger partial charge in [-0.05, 0) is 30.7 Å². The first-order valence-corrected chi connectivity index (χ1v) is 4.23. The van der Waals surface area contributed by atoms with Crippen LogP contribution in [0.2, 0.25) is 5.22 Å². The molecule has 0 aromatic carbocycles. The number of ether oxygens (including phenoxy) is 1. The van der Waals surface area contributed by atoms with Gasteiger partial charge in [0.15, 0.2) is 16.7 Å². The third-order valence-electron chi connectivity index (χ3n) is 2.00. The fraction of sp³-hybridized carbons (Fsp3) is 0.500. The minimum absolute atomic E-state index is 0.392. The molecule has 1 fully saturated rings. The summed E-state index contributed by atoms with van der Waals surface area (Å²) in [5, 5.41) is 3.58. The molecular formula is C8H10ClNO2. The van der Waals surface area contributed by atoms with Crippen LogP contribution in [0, 0.1) is 0 Å². The average molecular weight is 188 g/mol. The molecule has 12 heavy (non-hydrogen) atoms. The third kappa shape index (κ3) is 1.24. The van der Waals surface area contributed by atoms with Crippen molar-refractivity contribution in [2.75, 3.05) is 13.2 Å². The normalized spacial score (nSPS) is 29.5. The Morgan fingerprint density at radius 3 is 2.92 bits per heavy atom. The molecule has 1 unspecified atom stereocenters. The second-order valence-electron chi connectivity index (χ2n) is 2.91. The Labute approximate surface area is 75.6 Å². The Hall–Kier alpha value is -0.510. The van der Waals surface area contributed by atoms with Crippen LogP contribution in [0.5, 0.6) is 0 Å². The first-order chi connectivity index (χ1) is 5.71. The van der Waals surface area contributed by atoms with Crippen LogP contribution in [0.4, 0.5) is 0 Å². The molecule has 0 amide bonds. The molecule has 0 bridgehead atoms. The second-order valence-corrected chi connectivity index (χ2v) is 3.28. The van der Waals surface area contributed by atoms with Gasteiger partial charge in [-0.3, -0.25) is 5.32 Å². The summed E-state index contributed by atoms with van der Waals surface area (Å²) in [6, 6.07) is 3.53. The van der Waals surface area contributed by atoms with E-state index in [2.05, 4.69) is 5.32 Å². The van der Waals surface area contributed by atoms with Crippen molar-refractivity contribution in [2.45, 2.75) is 12.6 Å². The molecular weight excluding hydrogens is 178 g/mol. The van der Waals surface area contributed by atoms with Crippen molar-refractivity contribution in [3.8, 4) is 0 Å². The maximum Gasteiger partial charge on any atom is 0.193 e. The Bertz CT molecular complexity index is 278. The summed E-state index contributed by atoms with van der Waals surface area (Å²) in [5.74, 6) is 0.727. The fourth-order valence-corrected chi connectivity index (χ4v) is 1.47. The minimum Gasteiger partial charge on any atom is -0.445 e. The van der Waals surface area contributed by atoms with Gasteiger partial charge in [0, 0.05) is 6.54 Å². The maximum absolute atomic E-state index is 5.65. The van der Waals surface area contributed by atoms with Gasteiger partial charge in [0.25, 0.3) is 0 Å². The van der Waals surface area contributed by atoms with Gasteiger partial charge in [0.1, 0.15) is 0 Å². The van der Waals surface area contributed by atoms with E-state index in [4.69, 9.17) is 20.8 Å². The lowest BCUT2D eigenvalue weighted by Gasteiger charge is -2.20. The zero-order valence-electron chi connectivity index (χ0n) is 6.76. The molecule has 1 atom stereocenters. The first-order valence-electron chi connectivity index (χ1n) is 3.85. The summed E-state index contributed by atoms with van der Waals surface area (Å²) < 4.78 is 10.7. The fourth-order valence-electron chi connectivity index (χ4n) is 1.32. The van der Waals surface area contributed by atoms with E-state index in [0.717, 1.165) is 12.3 Å². The van der Waals surface area contributed by atoms with E-state index in [0.29, 0.717) is 11.8 Å². The van der Waals surface area contributed by atoms with E-state index in [9.17, 15) is 0 Å². The van der Waals surface area contributed by atoms with Crippen molar-refractivity contribution < 1.29 is 9.15 Å². The highest BCUT2D eigenvalue weighted by molar-refractivity contribution is 6.28. The van der Waals surface area contributed by atoms with Crippen LogP contribution < -0.4 is 5.32 Å². The SMILES string of the molecule is CC1(c2ccc(Cl)o2)NCCO1. The summed E-state index contributed by atoms with van der Waals surface area (Å²) in [6.07, 6.45) is 0. The number of halogens is 1. The van der Waals surface area contributed by atoms with E-state index < -0.39 is 5.72 Å². The van der Waals surface area contributed by atoms with E-state index in [1.54, 1.807) is 6.07 Å². The number of hydrogen-bond donors (Lipinski definition) is 1. The van der Waals surface area contributed by atoms with Crippen LogP contribution in [-0.4, -0.2) is 13.2 Å². The van der Waals surface area contributed by atoms with Crippen LogP contribution in [0.25, 0.3) is 0 Å². The monoisotopic (exact) mass is 187 g/mol. The van der Waals surface area contributed by atoms with Gasteiger partial charge in [0.05, 0.1) is 6.61 Å². The van der Waals surface area contributed by atoms with E-state index in [1.807, 2.05) is 13.0 Å². The zero-order valence-corrected chi connectivity index (χ0v) is 7.52.